The molecule has 2 rings (SSSR count). The van der Waals surface area contributed by atoms with Gasteiger partial charge in [-0.3, -0.25) is 0 Å². The van der Waals surface area contributed by atoms with Crippen LogP contribution in [0, 0.1) is 0 Å². The molecule has 1 heterocycles. The monoisotopic (exact) mass is 227 g/mol. The number of sulfonamides is 1. The van der Waals surface area contributed by atoms with Gasteiger partial charge in [0.15, 0.2) is 0 Å². The fraction of sp³-hybridized carbons (Fsp3) is 0.125. The van der Waals surface area contributed by atoms with Gasteiger partial charge < -0.3 is 5.73 Å². The first kappa shape index (κ1) is 9.94. The standard InChI is InChI=1S/C8H9N3O3S/c9-8(12)11-5-6-3-1-2-4-7(6)15(13,14)10-11/h1-4,10H,5H2,(H2,9,12). The van der Waals surface area contributed by atoms with Crippen molar-refractivity contribution in [3.8, 4) is 0 Å². The van der Waals surface area contributed by atoms with E-state index in [1.807, 2.05) is 0 Å². The molecule has 0 bridgehead atoms. The van der Waals surface area contributed by atoms with E-state index in [0.29, 0.717) is 5.56 Å². The fourth-order valence-electron chi connectivity index (χ4n) is 1.42. The van der Waals surface area contributed by atoms with Crippen molar-refractivity contribution in [2.24, 2.45) is 5.73 Å². The van der Waals surface area contributed by atoms with Crippen molar-refractivity contribution in [3.05, 3.63) is 29.8 Å². The molecule has 0 aromatic heterocycles. The van der Waals surface area contributed by atoms with Crippen LogP contribution >= 0.6 is 0 Å². The maximum absolute atomic E-state index is 11.6. The molecule has 80 valence electrons. The first-order valence-corrected chi connectivity index (χ1v) is 5.66. The molecule has 15 heavy (non-hydrogen) atoms. The van der Waals surface area contributed by atoms with E-state index in [4.69, 9.17) is 5.73 Å². The molecule has 0 fully saturated rings. The molecule has 6 nitrogen and oxygen atoms in total. The van der Waals surface area contributed by atoms with Gasteiger partial charge >= 0.3 is 6.03 Å². The summed E-state index contributed by atoms with van der Waals surface area (Å²) in [6.45, 7) is 0.144. The number of nitrogens with one attached hydrogen (secondary N) is 1. The summed E-state index contributed by atoms with van der Waals surface area (Å²) in [7, 11) is -3.66. The highest BCUT2D eigenvalue weighted by Gasteiger charge is 2.29. The van der Waals surface area contributed by atoms with Crippen LogP contribution in [-0.4, -0.2) is 19.5 Å². The summed E-state index contributed by atoms with van der Waals surface area (Å²) in [4.78, 5) is 13.1. The Bertz CT molecular complexity index is 512. The number of urea groups is 1. The third kappa shape index (κ3) is 1.66. The summed E-state index contributed by atoms with van der Waals surface area (Å²) in [6, 6.07) is 5.63. The number of nitrogens with two attached hydrogens (primary N) is 1. The third-order valence-electron chi connectivity index (χ3n) is 2.09. The number of rotatable bonds is 0. The smallest absolute Gasteiger partial charge is 0.330 e. The van der Waals surface area contributed by atoms with Gasteiger partial charge in [0.25, 0.3) is 10.0 Å². The zero-order valence-corrected chi connectivity index (χ0v) is 8.49. The van der Waals surface area contributed by atoms with Crippen molar-refractivity contribution < 1.29 is 13.2 Å². The van der Waals surface area contributed by atoms with Crippen LogP contribution in [0.4, 0.5) is 4.79 Å². The number of hydrogen-bond acceptors (Lipinski definition) is 3. The van der Waals surface area contributed by atoms with Crippen LogP contribution in [0.3, 0.4) is 0 Å². The quantitative estimate of drug-likeness (QED) is 0.641. The Morgan fingerprint density at radius 2 is 2.07 bits per heavy atom. The Balaban J connectivity index is 2.53. The van der Waals surface area contributed by atoms with E-state index < -0.39 is 16.1 Å². The summed E-state index contributed by atoms with van der Waals surface area (Å²) in [5.41, 5.74) is 5.56. The summed E-state index contributed by atoms with van der Waals surface area (Å²) in [5, 5.41) is 0.859. The number of amides is 2. The molecular formula is C8H9N3O3S. The number of hydrogen-bond donors (Lipinski definition) is 2. The fourth-order valence-corrected chi connectivity index (χ4v) is 2.69. The lowest BCUT2D eigenvalue weighted by Gasteiger charge is -2.27. The normalized spacial score (nSPS) is 18.3. The van der Waals surface area contributed by atoms with Gasteiger partial charge in [-0.05, 0) is 11.6 Å². The predicted molar refractivity (Wildman–Crippen MR) is 51.9 cm³/mol. The van der Waals surface area contributed by atoms with Crippen LogP contribution in [0.15, 0.2) is 29.2 Å². The molecule has 0 saturated heterocycles. The maximum Gasteiger partial charge on any atom is 0.330 e. The molecule has 0 aliphatic carbocycles. The van der Waals surface area contributed by atoms with Crippen LogP contribution in [0.1, 0.15) is 5.56 Å². The second kappa shape index (κ2) is 3.21. The average molecular weight is 227 g/mol. The van der Waals surface area contributed by atoms with Crippen LogP contribution in [-0.2, 0) is 16.6 Å². The van der Waals surface area contributed by atoms with E-state index in [9.17, 15) is 13.2 Å². The van der Waals surface area contributed by atoms with Crippen molar-refractivity contribution in [1.29, 1.82) is 0 Å². The van der Waals surface area contributed by atoms with Gasteiger partial charge in [-0.15, -0.1) is 4.83 Å². The minimum atomic E-state index is -3.66. The van der Waals surface area contributed by atoms with Gasteiger partial charge in [-0.2, -0.15) is 0 Å². The Hall–Kier alpha value is -1.60. The maximum atomic E-state index is 11.6. The molecule has 2 amide bonds. The van der Waals surface area contributed by atoms with E-state index in [-0.39, 0.29) is 11.4 Å². The largest absolute Gasteiger partial charge is 0.350 e. The zero-order valence-electron chi connectivity index (χ0n) is 7.67. The van der Waals surface area contributed by atoms with Gasteiger partial charge in [0.1, 0.15) is 0 Å². The molecule has 1 aromatic carbocycles. The lowest BCUT2D eigenvalue weighted by atomic mass is 10.2. The average Bonchev–Trinajstić information content (AvgIpc) is 2.16. The molecule has 1 aliphatic heterocycles. The molecule has 1 aromatic rings. The van der Waals surface area contributed by atoms with Gasteiger partial charge in [0, 0.05) is 0 Å². The minimum absolute atomic E-state index is 0.144. The van der Waals surface area contributed by atoms with E-state index >= 15 is 0 Å². The van der Waals surface area contributed by atoms with Crippen LogP contribution in [0.2, 0.25) is 0 Å². The van der Waals surface area contributed by atoms with Gasteiger partial charge in [0.2, 0.25) is 0 Å². The van der Waals surface area contributed by atoms with Crippen molar-refractivity contribution in [2.75, 3.05) is 0 Å². The number of fused-ring (bicyclic) bond motifs is 1. The van der Waals surface area contributed by atoms with Gasteiger partial charge in [-0.25, -0.2) is 18.2 Å². The number of benzene rings is 1. The summed E-state index contributed by atoms with van der Waals surface area (Å²) in [6.07, 6.45) is 0. The molecule has 0 unspecified atom stereocenters. The van der Waals surface area contributed by atoms with Crippen molar-refractivity contribution in [2.45, 2.75) is 11.4 Å². The Kier molecular flexibility index (Phi) is 2.13. The third-order valence-corrected chi connectivity index (χ3v) is 3.53. The highest BCUT2D eigenvalue weighted by molar-refractivity contribution is 7.89. The SMILES string of the molecule is NC(=O)N1Cc2ccccc2S(=O)(=O)N1. The summed E-state index contributed by atoms with van der Waals surface area (Å²) in [5.74, 6) is 0. The van der Waals surface area contributed by atoms with Crippen molar-refractivity contribution in [3.63, 3.8) is 0 Å². The lowest BCUT2D eigenvalue weighted by molar-refractivity contribution is 0.192. The molecule has 1 aliphatic rings. The molecule has 0 spiro atoms. The molecule has 0 radical (unpaired) electrons. The molecule has 0 atom stereocenters. The second-order valence-electron chi connectivity index (χ2n) is 3.13. The Morgan fingerprint density at radius 3 is 2.73 bits per heavy atom. The topological polar surface area (TPSA) is 92.5 Å². The molecule has 0 saturated carbocycles. The first-order valence-electron chi connectivity index (χ1n) is 4.18. The van der Waals surface area contributed by atoms with Crippen molar-refractivity contribution in [1.82, 2.24) is 9.84 Å². The zero-order chi connectivity index (χ0) is 11.1. The van der Waals surface area contributed by atoms with Crippen LogP contribution in [0.25, 0.3) is 0 Å². The summed E-state index contributed by atoms with van der Waals surface area (Å²) >= 11 is 0. The highest BCUT2D eigenvalue weighted by Crippen LogP contribution is 2.21. The van der Waals surface area contributed by atoms with Crippen LogP contribution < -0.4 is 10.6 Å². The lowest BCUT2D eigenvalue weighted by Crippen LogP contribution is -2.51. The molecule has 7 heteroatoms. The molecule has 3 N–H and O–H groups in total. The summed E-state index contributed by atoms with van der Waals surface area (Å²) < 4.78 is 23.3. The minimum Gasteiger partial charge on any atom is -0.350 e. The molecular weight excluding hydrogens is 218 g/mol. The van der Waals surface area contributed by atoms with Gasteiger partial charge in [-0.1, -0.05) is 18.2 Å². The van der Waals surface area contributed by atoms with Crippen LogP contribution in [0.5, 0.6) is 0 Å². The Labute approximate surface area is 86.7 Å². The van der Waals surface area contributed by atoms with Gasteiger partial charge in [0.05, 0.1) is 11.4 Å². The van der Waals surface area contributed by atoms with E-state index in [1.54, 1.807) is 18.2 Å². The van der Waals surface area contributed by atoms with Crippen molar-refractivity contribution >= 4 is 16.1 Å². The van der Waals surface area contributed by atoms with E-state index in [0.717, 1.165) is 5.01 Å². The highest BCUT2D eigenvalue weighted by atomic mass is 32.2. The second-order valence-corrected chi connectivity index (χ2v) is 4.76. The predicted octanol–water partition coefficient (Wildman–Crippen LogP) is -0.226. The van der Waals surface area contributed by atoms with E-state index in [2.05, 4.69) is 4.83 Å². The number of hydrazine groups is 1. The van der Waals surface area contributed by atoms with E-state index in [1.165, 1.54) is 6.07 Å². The number of carbonyl (C=O) groups excluding carboxylic acids is 1. The number of nitrogens with zero attached hydrogens (tertiary/aromatic N) is 1. The Morgan fingerprint density at radius 1 is 1.40 bits per heavy atom. The number of carbonyl (C=O) groups is 1. The number of primary amides is 1. The first-order chi connectivity index (χ1) is 7.00.